The second-order valence-electron chi connectivity index (χ2n) is 4.83. The monoisotopic (exact) mass is 264 g/mol. The zero-order valence-electron chi connectivity index (χ0n) is 11.9. The molecule has 0 bridgehead atoms. The van der Waals surface area contributed by atoms with Crippen LogP contribution in [0, 0.1) is 0 Å². The highest BCUT2D eigenvalue weighted by Gasteiger charge is 2.12. The average Bonchev–Trinajstić information content (AvgIpc) is 2.47. The number of hydrogen-bond acceptors (Lipinski definition) is 4. The Hall–Kier alpha value is -1.42. The molecule has 1 fully saturated rings. The van der Waals surface area contributed by atoms with Gasteiger partial charge in [-0.3, -0.25) is 0 Å². The van der Waals surface area contributed by atoms with Crippen LogP contribution in [0.2, 0.25) is 0 Å². The molecular formula is C15H24N2O2. The Labute approximate surface area is 115 Å². The maximum Gasteiger partial charge on any atom is 0.162 e. The van der Waals surface area contributed by atoms with Crippen LogP contribution in [-0.2, 0) is 0 Å². The standard InChI is InChI=1S/C15H24N2O2/c1-3-19-14-8-7-12(10-15(14)18-2)17-11-13-6-4-5-9-16-13/h7-8,10,13,16-17H,3-6,9,11H2,1-2H3. The van der Waals surface area contributed by atoms with Gasteiger partial charge in [-0.2, -0.15) is 0 Å². The minimum atomic E-state index is 0.575. The summed E-state index contributed by atoms with van der Waals surface area (Å²) in [7, 11) is 1.67. The Morgan fingerprint density at radius 1 is 1.32 bits per heavy atom. The van der Waals surface area contributed by atoms with Crippen molar-refractivity contribution in [3.05, 3.63) is 18.2 Å². The third-order valence-electron chi connectivity index (χ3n) is 3.43. The maximum atomic E-state index is 5.51. The highest BCUT2D eigenvalue weighted by atomic mass is 16.5. The van der Waals surface area contributed by atoms with E-state index in [1.54, 1.807) is 7.11 Å². The Kier molecular flexibility index (Phi) is 5.33. The fraction of sp³-hybridized carbons (Fsp3) is 0.600. The molecule has 1 unspecified atom stereocenters. The molecule has 1 heterocycles. The summed E-state index contributed by atoms with van der Waals surface area (Å²) in [5.41, 5.74) is 1.08. The van der Waals surface area contributed by atoms with Gasteiger partial charge < -0.3 is 20.1 Å². The topological polar surface area (TPSA) is 42.5 Å². The third-order valence-corrected chi connectivity index (χ3v) is 3.43. The Morgan fingerprint density at radius 3 is 2.89 bits per heavy atom. The molecule has 1 aliphatic heterocycles. The molecule has 0 saturated carbocycles. The summed E-state index contributed by atoms with van der Waals surface area (Å²) >= 11 is 0. The van der Waals surface area contributed by atoms with Gasteiger partial charge in [0.2, 0.25) is 0 Å². The van der Waals surface area contributed by atoms with Crippen molar-refractivity contribution in [1.29, 1.82) is 0 Å². The van der Waals surface area contributed by atoms with Crippen LogP contribution in [0.25, 0.3) is 0 Å². The van der Waals surface area contributed by atoms with E-state index in [1.807, 2.05) is 25.1 Å². The smallest absolute Gasteiger partial charge is 0.162 e. The second-order valence-corrected chi connectivity index (χ2v) is 4.83. The molecule has 4 heteroatoms. The molecule has 1 aromatic carbocycles. The summed E-state index contributed by atoms with van der Waals surface area (Å²) in [5, 5.41) is 6.99. The molecule has 4 nitrogen and oxygen atoms in total. The predicted molar refractivity (Wildman–Crippen MR) is 78.3 cm³/mol. The summed E-state index contributed by atoms with van der Waals surface area (Å²) in [6.07, 6.45) is 3.88. The van der Waals surface area contributed by atoms with E-state index in [0.29, 0.717) is 12.6 Å². The third kappa shape index (κ3) is 4.03. The normalized spacial score (nSPS) is 18.9. The molecule has 0 radical (unpaired) electrons. The van der Waals surface area contributed by atoms with Crippen LogP contribution in [-0.4, -0.2) is 32.8 Å². The molecule has 1 saturated heterocycles. The second kappa shape index (κ2) is 7.24. The van der Waals surface area contributed by atoms with Crippen molar-refractivity contribution in [2.24, 2.45) is 0 Å². The highest BCUT2D eigenvalue weighted by Crippen LogP contribution is 2.30. The maximum absolute atomic E-state index is 5.51. The lowest BCUT2D eigenvalue weighted by Crippen LogP contribution is -2.39. The lowest BCUT2D eigenvalue weighted by Gasteiger charge is -2.24. The van der Waals surface area contributed by atoms with Crippen molar-refractivity contribution in [2.45, 2.75) is 32.2 Å². The van der Waals surface area contributed by atoms with E-state index in [-0.39, 0.29) is 0 Å². The Morgan fingerprint density at radius 2 is 2.21 bits per heavy atom. The van der Waals surface area contributed by atoms with Crippen LogP contribution >= 0.6 is 0 Å². The van der Waals surface area contributed by atoms with Gasteiger partial charge in [0.05, 0.1) is 13.7 Å². The SMILES string of the molecule is CCOc1ccc(NCC2CCCCN2)cc1OC. The van der Waals surface area contributed by atoms with Gasteiger partial charge in [-0.15, -0.1) is 0 Å². The molecule has 0 spiro atoms. The molecule has 0 aromatic heterocycles. The number of benzene rings is 1. The van der Waals surface area contributed by atoms with Gasteiger partial charge in [0.1, 0.15) is 0 Å². The first-order valence-electron chi connectivity index (χ1n) is 7.11. The summed E-state index contributed by atoms with van der Waals surface area (Å²) in [6, 6.07) is 6.56. The number of ether oxygens (including phenoxy) is 2. The zero-order chi connectivity index (χ0) is 13.5. The van der Waals surface area contributed by atoms with Crippen molar-refractivity contribution < 1.29 is 9.47 Å². The summed E-state index contributed by atoms with van der Waals surface area (Å²) in [5.74, 6) is 1.58. The van der Waals surface area contributed by atoms with E-state index < -0.39 is 0 Å². The molecule has 19 heavy (non-hydrogen) atoms. The quantitative estimate of drug-likeness (QED) is 0.829. The average molecular weight is 264 g/mol. The van der Waals surface area contributed by atoms with Gasteiger partial charge in [0.15, 0.2) is 11.5 Å². The fourth-order valence-corrected chi connectivity index (χ4v) is 2.39. The zero-order valence-corrected chi connectivity index (χ0v) is 11.9. The molecular weight excluding hydrogens is 240 g/mol. The Balaban J connectivity index is 1.92. The molecule has 0 amide bonds. The van der Waals surface area contributed by atoms with E-state index in [4.69, 9.17) is 9.47 Å². The number of rotatable bonds is 6. The van der Waals surface area contributed by atoms with E-state index in [9.17, 15) is 0 Å². The van der Waals surface area contributed by atoms with Crippen molar-refractivity contribution in [1.82, 2.24) is 5.32 Å². The van der Waals surface area contributed by atoms with Gasteiger partial charge >= 0.3 is 0 Å². The number of anilines is 1. The van der Waals surface area contributed by atoms with Gasteiger partial charge in [-0.1, -0.05) is 6.42 Å². The van der Waals surface area contributed by atoms with Crippen molar-refractivity contribution in [2.75, 3.05) is 32.1 Å². The molecule has 1 aliphatic rings. The Bertz CT molecular complexity index is 390. The van der Waals surface area contributed by atoms with E-state index >= 15 is 0 Å². The summed E-state index contributed by atoms with van der Waals surface area (Å²) in [6.45, 7) is 4.71. The lowest BCUT2D eigenvalue weighted by atomic mass is 10.1. The van der Waals surface area contributed by atoms with Crippen LogP contribution < -0.4 is 20.1 Å². The largest absolute Gasteiger partial charge is 0.493 e. The lowest BCUT2D eigenvalue weighted by molar-refractivity contribution is 0.311. The highest BCUT2D eigenvalue weighted by molar-refractivity contribution is 5.54. The van der Waals surface area contributed by atoms with Gasteiger partial charge in [-0.05, 0) is 38.4 Å². The molecule has 2 N–H and O–H groups in total. The van der Waals surface area contributed by atoms with Crippen LogP contribution in [0.3, 0.4) is 0 Å². The van der Waals surface area contributed by atoms with Crippen molar-refractivity contribution >= 4 is 5.69 Å². The molecule has 0 aliphatic carbocycles. The van der Waals surface area contributed by atoms with Crippen LogP contribution in [0.15, 0.2) is 18.2 Å². The first-order valence-corrected chi connectivity index (χ1v) is 7.11. The number of hydrogen-bond donors (Lipinski definition) is 2. The van der Waals surface area contributed by atoms with Gasteiger partial charge in [-0.25, -0.2) is 0 Å². The molecule has 106 valence electrons. The minimum Gasteiger partial charge on any atom is -0.493 e. The van der Waals surface area contributed by atoms with Crippen LogP contribution in [0.4, 0.5) is 5.69 Å². The first kappa shape index (κ1) is 14.0. The van der Waals surface area contributed by atoms with E-state index in [0.717, 1.165) is 30.3 Å². The summed E-state index contributed by atoms with van der Waals surface area (Å²) < 4.78 is 10.9. The number of methoxy groups -OCH3 is 1. The molecule has 1 atom stereocenters. The van der Waals surface area contributed by atoms with Gasteiger partial charge in [0.25, 0.3) is 0 Å². The molecule has 1 aromatic rings. The van der Waals surface area contributed by atoms with Crippen LogP contribution in [0.5, 0.6) is 11.5 Å². The van der Waals surface area contributed by atoms with Crippen molar-refractivity contribution in [3.63, 3.8) is 0 Å². The van der Waals surface area contributed by atoms with Crippen LogP contribution in [0.1, 0.15) is 26.2 Å². The van der Waals surface area contributed by atoms with E-state index in [1.165, 1.54) is 19.3 Å². The van der Waals surface area contributed by atoms with Crippen molar-refractivity contribution in [3.8, 4) is 11.5 Å². The van der Waals surface area contributed by atoms with E-state index in [2.05, 4.69) is 10.6 Å². The number of piperidine rings is 1. The molecule has 2 rings (SSSR count). The first-order chi connectivity index (χ1) is 9.33. The fourth-order valence-electron chi connectivity index (χ4n) is 2.39. The number of nitrogens with one attached hydrogen (secondary N) is 2. The van der Waals surface area contributed by atoms with Gasteiger partial charge in [0, 0.05) is 24.3 Å². The predicted octanol–water partition coefficient (Wildman–Crippen LogP) is 2.65. The summed E-state index contributed by atoms with van der Waals surface area (Å²) in [4.78, 5) is 0. The minimum absolute atomic E-state index is 0.575.